The van der Waals surface area contributed by atoms with Gasteiger partial charge in [0.05, 0.1) is 0 Å². The highest BCUT2D eigenvalue weighted by Gasteiger charge is 2.33. The van der Waals surface area contributed by atoms with Gasteiger partial charge in [0.2, 0.25) is 0 Å². The molecule has 0 aromatic carbocycles. The maximum absolute atomic E-state index is 2.40. The zero-order valence-corrected chi connectivity index (χ0v) is 9.65. The van der Waals surface area contributed by atoms with Gasteiger partial charge in [-0.3, -0.25) is 0 Å². The van der Waals surface area contributed by atoms with Gasteiger partial charge in [-0.15, -0.1) is 0 Å². The summed E-state index contributed by atoms with van der Waals surface area (Å²) >= 11 is 0. The van der Waals surface area contributed by atoms with Crippen molar-refractivity contribution in [1.29, 1.82) is 0 Å². The molecule has 0 saturated heterocycles. The van der Waals surface area contributed by atoms with Crippen LogP contribution in [0.2, 0.25) is 0 Å². The Hall–Kier alpha value is -0.0400. The summed E-state index contributed by atoms with van der Waals surface area (Å²) in [5, 5.41) is 0. The molecule has 0 unspecified atom stereocenters. The molecule has 74 valence electrons. The molecule has 0 fully saturated rings. The van der Waals surface area contributed by atoms with E-state index in [4.69, 9.17) is 0 Å². The Labute approximate surface area is 78.1 Å². The van der Waals surface area contributed by atoms with E-state index in [1.54, 1.807) is 0 Å². The fourth-order valence-corrected chi connectivity index (χ4v) is 2.40. The van der Waals surface area contributed by atoms with Crippen LogP contribution in [0, 0.1) is 5.92 Å². The molecule has 1 nitrogen and oxygen atoms in total. The quantitative estimate of drug-likeness (QED) is 0.614. The first-order valence-electron chi connectivity index (χ1n) is 5.22. The Morgan fingerprint density at radius 1 is 1.08 bits per heavy atom. The average molecular weight is 171 g/mol. The largest absolute Gasteiger partial charge is 0.303 e. The Balaban J connectivity index is 4.56. The first-order chi connectivity index (χ1) is 5.55. The number of hydrogen-bond donors (Lipinski definition) is 0. The Morgan fingerprint density at radius 2 is 1.50 bits per heavy atom. The molecule has 0 bridgehead atoms. The minimum Gasteiger partial charge on any atom is -0.303 e. The van der Waals surface area contributed by atoms with Crippen LogP contribution in [0.25, 0.3) is 0 Å². The second-order valence-corrected chi connectivity index (χ2v) is 4.01. The molecule has 12 heavy (non-hydrogen) atoms. The van der Waals surface area contributed by atoms with Crippen LogP contribution in [-0.2, 0) is 0 Å². The molecule has 0 aliphatic carbocycles. The Kier molecular flexibility index (Phi) is 4.84. The SMILES string of the molecule is CC[C@H](C)C(CC)(CC)N(C)C. The zero-order chi connectivity index (χ0) is 9.78. The standard InChI is InChI=1S/C11H25N/c1-7-10(4)11(8-2,9-3)12(5)6/h10H,7-9H2,1-6H3/t10-/m0/s1. The van der Waals surface area contributed by atoms with Gasteiger partial charge in [-0.05, 0) is 32.9 Å². The molecule has 0 rings (SSSR count). The topological polar surface area (TPSA) is 3.24 Å². The van der Waals surface area contributed by atoms with E-state index in [9.17, 15) is 0 Å². The zero-order valence-electron chi connectivity index (χ0n) is 9.65. The van der Waals surface area contributed by atoms with Gasteiger partial charge in [-0.1, -0.05) is 34.1 Å². The average Bonchev–Trinajstić information content (AvgIpc) is 2.06. The first kappa shape index (κ1) is 12.0. The van der Waals surface area contributed by atoms with Crippen LogP contribution in [0.15, 0.2) is 0 Å². The van der Waals surface area contributed by atoms with Crippen molar-refractivity contribution in [3.8, 4) is 0 Å². The summed E-state index contributed by atoms with van der Waals surface area (Å²) in [7, 11) is 4.42. The van der Waals surface area contributed by atoms with E-state index in [-0.39, 0.29) is 0 Å². The van der Waals surface area contributed by atoms with Crippen LogP contribution in [-0.4, -0.2) is 24.5 Å². The van der Waals surface area contributed by atoms with Crippen molar-refractivity contribution in [2.75, 3.05) is 14.1 Å². The lowest BCUT2D eigenvalue weighted by Gasteiger charge is -2.43. The van der Waals surface area contributed by atoms with E-state index in [0.29, 0.717) is 5.54 Å². The molecular weight excluding hydrogens is 146 g/mol. The highest BCUT2D eigenvalue weighted by molar-refractivity contribution is 4.89. The predicted molar refractivity (Wildman–Crippen MR) is 56.5 cm³/mol. The molecule has 0 aromatic heterocycles. The molecule has 0 radical (unpaired) electrons. The molecule has 0 aromatic rings. The van der Waals surface area contributed by atoms with Crippen molar-refractivity contribution < 1.29 is 0 Å². The second kappa shape index (κ2) is 4.86. The van der Waals surface area contributed by atoms with E-state index in [1.807, 2.05) is 0 Å². The molecule has 0 N–H and O–H groups in total. The Morgan fingerprint density at radius 3 is 1.58 bits per heavy atom. The minimum atomic E-state index is 0.425. The smallest absolute Gasteiger partial charge is 0.0223 e. The molecule has 0 saturated carbocycles. The Bertz CT molecular complexity index is 114. The van der Waals surface area contributed by atoms with Crippen molar-refractivity contribution in [1.82, 2.24) is 4.90 Å². The summed E-state index contributed by atoms with van der Waals surface area (Å²) in [6.45, 7) is 9.26. The van der Waals surface area contributed by atoms with E-state index < -0.39 is 0 Å². The maximum atomic E-state index is 2.40. The van der Waals surface area contributed by atoms with Gasteiger partial charge >= 0.3 is 0 Å². The fourth-order valence-electron chi connectivity index (χ4n) is 2.40. The third-order valence-electron chi connectivity index (χ3n) is 3.64. The predicted octanol–water partition coefficient (Wildman–Crippen LogP) is 3.15. The number of rotatable bonds is 5. The summed E-state index contributed by atoms with van der Waals surface area (Å²) in [6.07, 6.45) is 3.79. The van der Waals surface area contributed by atoms with Gasteiger partial charge in [-0.25, -0.2) is 0 Å². The van der Waals surface area contributed by atoms with Crippen LogP contribution in [0.4, 0.5) is 0 Å². The van der Waals surface area contributed by atoms with Gasteiger partial charge in [0, 0.05) is 5.54 Å². The third kappa shape index (κ3) is 2.01. The lowest BCUT2D eigenvalue weighted by molar-refractivity contribution is 0.0738. The summed E-state index contributed by atoms with van der Waals surface area (Å²) in [5.74, 6) is 0.794. The molecule has 0 heterocycles. The van der Waals surface area contributed by atoms with Crippen LogP contribution in [0.1, 0.15) is 47.0 Å². The molecule has 0 spiro atoms. The molecule has 0 aliphatic heterocycles. The normalized spacial score (nSPS) is 15.2. The monoisotopic (exact) mass is 171 g/mol. The van der Waals surface area contributed by atoms with Crippen molar-refractivity contribution in [2.45, 2.75) is 52.5 Å². The number of nitrogens with zero attached hydrogens (tertiary/aromatic N) is 1. The second-order valence-electron chi connectivity index (χ2n) is 4.01. The highest BCUT2D eigenvalue weighted by atomic mass is 15.1. The number of hydrogen-bond acceptors (Lipinski definition) is 1. The third-order valence-corrected chi connectivity index (χ3v) is 3.64. The fraction of sp³-hybridized carbons (Fsp3) is 1.00. The molecule has 0 amide bonds. The molecule has 0 aliphatic rings. The first-order valence-corrected chi connectivity index (χ1v) is 5.22. The maximum Gasteiger partial charge on any atom is 0.0223 e. The van der Waals surface area contributed by atoms with Gasteiger partial charge < -0.3 is 4.90 Å². The van der Waals surface area contributed by atoms with E-state index in [2.05, 4.69) is 46.7 Å². The van der Waals surface area contributed by atoms with E-state index in [0.717, 1.165) is 5.92 Å². The summed E-state index contributed by atoms with van der Waals surface area (Å²) in [4.78, 5) is 2.40. The lowest BCUT2D eigenvalue weighted by atomic mass is 9.78. The molecule has 1 atom stereocenters. The van der Waals surface area contributed by atoms with Crippen molar-refractivity contribution in [3.63, 3.8) is 0 Å². The van der Waals surface area contributed by atoms with E-state index >= 15 is 0 Å². The van der Waals surface area contributed by atoms with Crippen LogP contribution in [0.5, 0.6) is 0 Å². The van der Waals surface area contributed by atoms with Crippen molar-refractivity contribution in [2.24, 2.45) is 5.92 Å². The van der Waals surface area contributed by atoms with Gasteiger partial charge in [0.15, 0.2) is 0 Å². The van der Waals surface area contributed by atoms with Gasteiger partial charge in [0.25, 0.3) is 0 Å². The van der Waals surface area contributed by atoms with Crippen LogP contribution in [0.3, 0.4) is 0 Å². The van der Waals surface area contributed by atoms with Gasteiger partial charge in [-0.2, -0.15) is 0 Å². The van der Waals surface area contributed by atoms with Crippen molar-refractivity contribution >= 4 is 0 Å². The lowest BCUT2D eigenvalue weighted by Crippen LogP contribution is -2.48. The summed E-state index contributed by atoms with van der Waals surface area (Å²) in [5.41, 5.74) is 0.425. The molecular formula is C11H25N. The summed E-state index contributed by atoms with van der Waals surface area (Å²) < 4.78 is 0. The molecule has 1 heteroatoms. The minimum absolute atomic E-state index is 0.425. The van der Waals surface area contributed by atoms with Gasteiger partial charge in [0.1, 0.15) is 0 Å². The summed E-state index contributed by atoms with van der Waals surface area (Å²) in [6, 6.07) is 0. The van der Waals surface area contributed by atoms with E-state index in [1.165, 1.54) is 19.3 Å². The van der Waals surface area contributed by atoms with Crippen molar-refractivity contribution in [3.05, 3.63) is 0 Å². The highest BCUT2D eigenvalue weighted by Crippen LogP contribution is 2.32. The van der Waals surface area contributed by atoms with Crippen LogP contribution < -0.4 is 0 Å². The van der Waals surface area contributed by atoms with Crippen LogP contribution >= 0.6 is 0 Å².